The van der Waals surface area contributed by atoms with Gasteiger partial charge in [0.15, 0.2) is 0 Å². The van der Waals surface area contributed by atoms with Gasteiger partial charge in [-0.2, -0.15) is 0 Å². The van der Waals surface area contributed by atoms with Crippen molar-refractivity contribution in [3.8, 4) is 0 Å². The van der Waals surface area contributed by atoms with Crippen LogP contribution in [0.1, 0.15) is 33.6 Å². The SMILES string of the molecule is C=C/C=C(\C=C1\CCN(C(=O)CNC(C)C)C1C)SN1CCCN(c2cccc(Cl)c2)CC1. The van der Waals surface area contributed by atoms with Crippen LogP contribution >= 0.6 is 23.5 Å². The highest BCUT2D eigenvalue weighted by atomic mass is 35.5. The molecule has 2 saturated heterocycles. The Balaban J connectivity index is 1.60. The monoisotopic (exact) mass is 488 g/mol. The van der Waals surface area contributed by atoms with Crippen LogP contribution in [0.4, 0.5) is 5.69 Å². The lowest BCUT2D eigenvalue weighted by atomic mass is 10.1. The normalized spacial score (nSPS) is 21.7. The van der Waals surface area contributed by atoms with E-state index in [0.717, 1.165) is 50.6 Å². The number of amides is 1. The first-order chi connectivity index (χ1) is 15.9. The molecule has 2 aliphatic heterocycles. The van der Waals surface area contributed by atoms with Crippen LogP contribution in [0.15, 0.2) is 59.6 Å². The minimum Gasteiger partial charge on any atom is -0.370 e. The predicted molar refractivity (Wildman–Crippen MR) is 143 cm³/mol. The summed E-state index contributed by atoms with van der Waals surface area (Å²) in [6.45, 7) is 15.4. The number of likely N-dealkylation sites (tertiary alicyclic amines) is 1. The predicted octanol–water partition coefficient (Wildman–Crippen LogP) is 5.12. The maximum atomic E-state index is 12.6. The van der Waals surface area contributed by atoms with Crippen molar-refractivity contribution in [1.82, 2.24) is 14.5 Å². The van der Waals surface area contributed by atoms with Gasteiger partial charge in [-0.3, -0.25) is 4.79 Å². The van der Waals surface area contributed by atoms with Crippen LogP contribution in [0.3, 0.4) is 0 Å². The molecular weight excluding hydrogens is 452 g/mol. The zero-order chi connectivity index (χ0) is 23.8. The minimum absolute atomic E-state index is 0.128. The summed E-state index contributed by atoms with van der Waals surface area (Å²) in [7, 11) is 0. The third kappa shape index (κ3) is 7.64. The number of anilines is 1. The van der Waals surface area contributed by atoms with Crippen molar-refractivity contribution in [1.29, 1.82) is 0 Å². The Hall–Kier alpha value is -1.73. The molecule has 0 saturated carbocycles. The number of hydrogen-bond acceptors (Lipinski definition) is 5. The lowest BCUT2D eigenvalue weighted by Gasteiger charge is -2.24. The Kier molecular flexibility index (Phi) is 9.93. The standard InChI is InChI=1S/C26H37ClN4OS/c1-5-8-25(17-22-11-14-31(21(22)4)26(32)19-28-20(2)3)33-30-13-7-12-29(15-16-30)24-10-6-9-23(27)18-24/h5-6,8-10,17-18,20-21,28H,1,7,11-16,19H2,2-4H3/b22-17-,25-8+. The maximum absolute atomic E-state index is 12.6. The van der Waals surface area contributed by atoms with E-state index in [1.165, 1.54) is 16.2 Å². The Morgan fingerprint density at radius 2 is 2.09 bits per heavy atom. The molecule has 1 atom stereocenters. The summed E-state index contributed by atoms with van der Waals surface area (Å²) in [5, 5.41) is 4.02. The molecular formula is C26H37ClN4OS. The summed E-state index contributed by atoms with van der Waals surface area (Å²) in [4.78, 5) is 18.2. The molecule has 1 N–H and O–H groups in total. The molecule has 7 heteroatoms. The third-order valence-electron chi connectivity index (χ3n) is 6.10. The number of nitrogens with one attached hydrogen (secondary N) is 1. The number of allylic oxidation sites excluding steroid dienone is 3. The van der Waals surface area contributed by atoms with Gasteiger partial charge in [0.25, 0.3) is 0 Å². The van der Waals surface area contributed by atoms with Crippen molar-refractivity contribution in [2.45, 2.75) is 45.7 Å². The van der Waals surface area contributed by atoms with Gasteiger partial charge in [0.2, 0.25) is 5.91 Å². The smallest absolute Gasteiger partial charge is 0.237 e. The molecule has 1 aromatic carbocycles. The number of carbonyl (C=O) groups excluding carboxylic acids is 1. The van der Waals surface area contributed by atoms with E-state index in [1.807, 2.05) is 29.2 Å². The van der Waals surface area contributed by atoms with Gasteiger partial charge in [0, 0.05) is 54.4 Å². The van der Waals surface area contributed by atoms with Crippen LogP contribution in [-0.2, 0) is 4.79 Å². The summed E-state index contributed by atoms with van der Waals surface area (Å²) in [6, 6.07) is 8.55. The molecule has 180 valence electrons. The molecule has 1 unspecified atom stereocenters. The first-order valence-electron chi connectivity index (χ1n) is 11.9. The van der Waals surface area contributed by atoms with Crippen molar-refractivity contribution < 1.29 is 4.79 Å². The van der Waals surface area contributed by atoms with E-state index in [0.29, 0.717) is 12.6 Å². The van der Waals surface area contributed by atoms with Gasteiger partial charge in [-0.05, 0) is 67.6 Å². The number of carbonyl (C=O) groups is 1. The van der Waals surface area contributed by atoms with Crippen molar-refractivity contribution in [2.24, 2.45) is 0 Å². The summed E-state index contributed by atoms with van der Waals surface area (Å²) < 4.78 is 2.44. The molecule has 5 nitrogen and oxygen atoms in total. The molecule has 2 aliphatic rings. The van der Waals surface area contributed by atoms with Gasteiger partial charge < -0.3 is 15.1 Å². The fraction of sp³-hybridized carbons (Fsp3) is 0.500. The Labute approximate surface area is 208 Å². The van der Waals surface area contributed by atoms with Crippen molar-refractivity contribution in [3.05, 3.63) is 64.6 Å². The molecule has 0 aliphatic carbocycles. The number of halogens is 1. The number of benzene rings is 1. The van der Waals surface area contributed by atoms with Gasteiger partial charge in [-0.1, -0.05) is 44.2 Å². The van der Waals surface area contributed by atoms with Gasteiger partial charge in [-0.15, -0.1) is 0 Å². The average Bonchev–Trinajstić information content (AvgIpc) is 2.98. The number of hydrogen-bond donors (Lipinski definition) is 1. The molecule has 1 amide bonds. The van der Waals surface area contributed by atoms with E-state index in [1.54, 1.807) is 11.9 Å². The quantitative estimate of drug-likeness (QED) is 0.406. The van der Waals surface area contributed by atoms with E-state index < -0.39 is 0 Å². The maximum Gasteiger partial charge on any atom is 0.237 e. The number of rotatable bonds is 8. The lowest BCUT2D eigenvalue weighted by Crippen LogP contribution is -2.41. The first kappa shape index (κ1) is 25.9. The topological polar surface area (TPSA) is 38.8 Å². The largest absolute Gasteiger partial charge is 0.370 e. The first-order valence-corrected chi connectivity index (χ1v) is 13.0. The molecule has 3 rings (SSSR count). The van der Waals surface area contributed by atoms with Crippen LogP contribution in [-0.4, -0.2) is 66.5 Å². The highest BCUT2D eigenvalue weighted by molar-refractivity contribution is 8.01. The molecule has 0 bridgehead atoms. The highest BCUT2D eigenvalue weighted by Gasteiger charge is 2.29. The summed E-state index contributed by atoms with van der Waals surface area (Å²) in [5.74, 6) is 0.176. The fourth-order valence-corrected chi connectivity index (χ4v) is 5.48. The highest BCUT2D eigenvalue weighted by Crippen LogP contribution is 2.31. The van der Waals surface area contributed by atoms with Gasteiger partial charge >= 0.3 is 0 Å². The zero-order valence-corrected chi connectivity index (χ0v) is 21.7. The van der Waals surface area contributed by atoms with Crippen molar-refractivity contribution >= 4 is 35.1 Å². The third-order valence-corrected chi connectivity index (χ3v) is 7.42. The average molecular weight is 489 g/mol. The summed E-state index contributed by atoms with van der Waals surface area (Å²) in [6.07, 6.45) is 8.21. The molecule has 1 aromatic rings. The number of nitrogens with zero attached hydrogens (tertiary/aromatic N) is 3. The molecule has 0 radical (unpaired) electrons. The summed E-state index contributed by atoms with van der Waals surface area (Å²) in [5.41, 5.74) is 2.50. The second-order valence-electron chi connectivity index (χ2n) is 8.91. The van der Waals surface area contributed by atoms with E-state index >= 15 is 0 Å². The Morgan fingerprint density at radius 1 is 1.27 bits per heavy atom. The van der Waals surface area contributed by atoms with Crippen LogP contribution in [0.5, 0.6) is 0 Å². The molecule has 0 aromatic heterocycles. The molecule has 33 heavy (non-hydrogen) atoms. The molecule has 2 fully saturated rings. The molecule has 2 heterocycles. The van der Waals surface area contributed by atoms with E-state index in [9.17, 15) is 4.79 Å². The van der Waals surface area contributed by atoms with Gasteiger partial charge in [-0.25, -0.2) is 4.31 Å². The van der Waals surface area contributed by atoms with Crippen molar-refractivity contribution in [2.75, 3.05) is 44.2 Å². The van der Waals surface area contributed by atoms with Crippen LogP contribution in [0, 0.1) is 0 Å². The fourth-order valence-electron chi connectivity index (χ4n) is 4.25. The van der Waals surface area contributed by atoms with E-state index in [-0.39, 0.29) is 11.9 Å². The Morgan fingerprint density at radius 3 is 2.82 bits per heavy atom. The van der Waals surface area contributed by atoms with Crippen molar-refractivity contribution in [3.63, 3.8) is 0 Å². The van der Waals surface area contributed by atoms with Crippen LogP contribution in [0.25, 0.3) is 0 Å². The molecule has 0 spiro atoms. The second kappa shape index (κ2) is 12.7. The zero-order valence-electron chi connectivity index (χ0n) is 20.1. The Bertz CT molecular complexity index is 885. The van der Waals surface area contributed by atoms with E-state index in [2.05, 4.69) is 60.1 Å². The van der Waals surface area contributed by atoms with Gasteiger partial charge in [0.1, 0.15) is 0 Å². The van der Waals surface area contributed by atoms with Crippen LogP contribution < -0.4 is 10.2 Å². The summed E-state index contributed by atoms with van der Waals surface area (Å²) >= 11 is 7.99. The van der Waals surface area contributed by atoms with E-state index in [4.69, 9.17) is 11.6 Å². The minimum atomic E-state index is 0.128. The van der Waals surface area contributed by atoms with Crippen LogP contribution in [0.2, 0.25) is 5.02 Å². The van der Waals surface area contributed by atoms with Gasteiger partial charge in [0.05, 0.1) is 12.6 Å². The lowest BCUT2D eigenvalue weighted by molar-refractivity contribution is -0.130. The second-order valence-corrected chi connectivity index (χ2v) is 10.5.